The summed E-state index contributed by atoms with van der Waals surface area (Å²) in [7, 11) is 0. The SMILES string of the molecule is C=C(C)CNCC(N)=O. The van der Waals surface area contributed by atoms with Gasteiger partial charge in [-0.05, 0) is 6.92 Å². The average Bonchev–Trinajstić information content (AvgIpc) is 1.63. The van der Waals surface area contributed by atoms with Gasteiger partial charge in [-0.1, -0.05) is 12.2 Å². The van der Waals surface area contributed by atoms with Crippen LogP contribution in [0.2, 0.25) is 0 Å². The summed E-state index contributed by atoms with van der Waals surface area (Å²) in [6.45, 7) is 6.41. The van der Waals surface area contributed by atoms with Gasteiger partial charge in [0.25, 0.3) is 0 Å². The number of nitrogens with one attached hydrogen (secondary N) is 1. The van der Waals surface area contributed by atoms with E-state index in [9.17, 15) is 4.79 Å². The zero-order chi connectivity index (χ0) is 7.28. The van der Waals surface area contributed by atoms with Gasteiger partial charge in [-0.25, -0.2) is 0 Å². The lowest BCUT2D eigenvalue weighted by Crippen LogP contribution is -2.29. The standard InChI is InChI=1S/C6H12N2O/c1-5(2)3-8-4-6(7)9/h8H,1,3-4H2,2H3,(H2,7,9). The van der Waals surface area contributed by atoms with Gasteiger partial charge in [0.05, 0.1) is 6.54 Å². The molecule has 0 bridgehead atoms. The molecular weight excluding hydrogens is 116 g/mol. The molecule has 3 N–H and O–H groups in total. The Morgan fingerprint density at radius 1 is 1.67 bits per heavy atom. The fourth-order valence-corrected chi connectivity index (χ4v) is 0.399. The largest absolute Gasteiger partial charge is 0.369 e. The van der Waals surface area contributed by atoms with Crippen molar-refractivity contribution in [3.05, 3.63) is 12.2 Å². The minimum atomic E-state index is -0.337. The van der Waals surface area contributed by atoms with Crippen LogP contribution in [0.1, 0.15) is 6.92 Å². The molecule has 0 heterocycles. The summed E-state index contributed by atoms with van der Waals surface area (Å²) in [5, 5.41) is 2.81. The third-order valence-electron chi connectivity index (χ3n) is 0.726. The van der Waals surface area contributed by atoms with Crippen molar-refractivity contribution in [3.63, 3.8) is 0 Å². The van der Waals surface area contributed by atoms with Gasteiger partial charge in [-0.3, -0.25) is 4.79 Å². The van der Waals surface area contributed by atoms with E-state index in [-0.39, 0.29) is 12.5 Å². The van der Waals surface area contributed by atoms with E-state index in [0.29, 0.717) is 6.54 Å². The van der Waals surface area contributed by atoms with Crippen LogP contribution in [-0.2, 0) is 4.79 Å². The third kappa shape index (κ3) is 7.17. The Morgan fingerprint density at radius 3 is 2.56 bits per heavy atom. The predicted octanol–water partition coefficient (Wildman–Crippen LogP) is -0.363. The molecule has 0 aliphatic carbocycles. The molecular formula is C6H12N2O. The lowest BCUT2D eigenvalue weighted by Gasteiger charge is -1.98. The van der Waals surface area contributed by atoms with E-state index in [2.05, 4.69) is 11.9 Å². The van der Waals surface area contributed by atoms with Crippen molar-refractivity contribution < 1.29 is 4.79 Å². The average molecular weight is 128 g/mol. The Labute approximate surface area is 54.9 Å². The van der Waals surface area contributed by atoms with Crippen LogP contribution in [0.25, 0.3) is 0 Å². The van der Waals surface area contributed by atoms with Gasteiger partial charge in [0.1, 0.15) is 0 Å². The molecule has 0 spiro atoms. The van der Waals surface area contributed by atoms with Crippen molar-refractivity contribution in [2.24, 2.45) is 5.73 Å². The van der Waals surface area contributed by atoms with Gasteiger partial charge in [-0.2, -0.15) is 0 Å². The normalized spacial score (nSPS) is 9.00. The Kier molecular flexibility index (Phi) is 3.71. The van der Waals surface area contributed by atoms with Crippen LogP contribution in [0.4, 0.5) is 0 Å². The summed E-state index contributed by atoms with van der Waals surface area (Å²) in [6.07, 6.45) is 0. The van der Waals surface area contributed by atoms with Crippen LogP contribution in [0.5, 0.6) is 0 Å². The number of nitrogens with two attached hydrogens (primary N) is 1. The van der Waals surface area contributed by atoms with Crippen LogP contribution in [0, 0.1) is 0 Å². The fourth-order valence-electron chi connectivity index (χ4n) is 0.399. The highest BCUT2D eigenvalue weighted by atomic mass is 16.1. The molecule has 1 amide bonds. The maximum Gasteiger partial charge on any atom is 0.231 e. The Balaban J connectivity index is 3.10. The molecule has 0 aliphatic rings. The van der Waals surface area contributed by atoms with E-state index in [1.165, 1.54) is 0 Å². The summed E-state index contributed by atoms with van der Waals surface area (Å²) in [6, 6.07) is 0. The zero-order valence-electron chi connectivity index (χ0n) is 5.61. The maximum absolute atomic E-state index is 10.1. The molecule has 0 saturated carbocycles. The van der Waals surface area contributed by atoms with Crippen molar-refractivity contribution in [1.29, 1.82) is 0 Å². The predicted molar refractivity (Wildman–Crippen MR) is 36.9 cm³/mol. The minimum absolute atomic E-state index is 0.229. The fraction of sp³-hybridized carbons (Fsp3) is 0.500. The van der Waals surface area contributed by atoms with Gasteiger partial charge in [0.2, 0.25) is 5.91 Å². The first kappa shape index (κ1) is 8.17. The molecule has 0 radical (unpaired) electrons. The van der Waals surface area contributed by atoms with Gasteiger partial charge >= 0.3 is 0 Å². The van der Waals surface area contributed by atoms with Gasteiger partial charge in [-0.15, -0.1) is 0 Å². The monoisotopic (exact) mass is 128 g/mol. The van der Waals surface area contributed by atoms with E-state index < -0.39 is 0 Å². The molecule has 52 valence electrons. The maximum atomic E-state index is 10.1. The number of hydrogen-bond donors (Lipinski definition) is 2. The second-order valence-electron chi connectivity index (χ2n) is 2.03. The lowest BCUT2D eigenvalue weighted by atomic mass is 10.3. The topological polar surface area (TPSA) is 55.1 Å². The molecule has 9 heavy (non-hydrogen) atoms. The smallest absolute Gasteiger partial charge is 0.231 e. The molecule has 0 fully saturated rings. The lowest BCUT2D eigenvalue weighted by molar-refractivity contribution is -0.117. The summed E-state index contributed by atoms with van der Waals surface area (Å²) < 4.78 is 0. The van der Waals surface area contributed by atoms with Crippen LogP contribution < -0.4 is 11.1 Å². The van der Waals surface area contributed by atoms with Crippen molar-refractivity contribution in [3.8, 4) is 0 Å². The quantitative estimate of drug-likeness (QED) is 0.508. The first-order valence-electron chi connectivity index (χ1n) is 2.76. The summed E-state index contributed by atoms with van der Waals surface area (Å²) >= 11 is 0. The Hall–Kier alpha value is -0.830. The van der Waals surface area contributed by atoms with Crippen molar-refractivity contribution >= 4 is 5.91 Å². The Morgan fingerprint density at radius 2 is 2.22 bits per heavy atom. The number of carbonyl (C=O) groups excluding carboxylic acids is 1. The second-order valence-corrected chi connectivity index (χ2v) is 2.03. The second kappa shape index (κ2) is 4.09. The molecule has 0 aromatic carbocycles. The minimum Gasteiger partial charge on any atom is -0.369 e. The first-order chi connectivity index (χ1) is 4.13. The van der Waals surface area contributed by atoms with Gasteiger partial charge in [0, 0.05) is 6.54 Å². The van der Waals surface area contributed by atoms with Crippen LogP contribution in [0.15, 0.2) is 12.2 Å². The molecule has 0 aromatic heterocycles. The number of amides is 1. The van der Waals surface area contributed by atoms with Gasteiger partial charge in [0.15, 0.2) is 0 Å². The van der Waals surface area contributed by atoms with Crippen LogP contribution >= 0.6 is 0 Å². The molecule has 0 aliphatic heterocycles. The molecule has 3 nitrogen and oxygen atoms in total. The molecule has 0 unspecified atom stereocenters. The molecule has 0 atom stereocenters. The third-order valence-corrected chi connectivity index (χ3v) is 0.726. The van der Waals surface area contributed by atoms with Crippen molar-refractivity contribution in [2.45, 2.75) is 6.92 Å². The first-order valence-corrected chi connectivity index (χ1v) is 2.76. The number of primary amides is 1. The zero-order valence-corrected chi connectivity index (χ0v) is 5.61. The summed E-state index contributed by atoms with van der Waals surface area (Å²) in [4.78, 5) is 10.1. The highest BCUT2D eigenvalue weighted by Gasteiger charge is 1.90. The number of carbonyl (C=O) groups is 1. The molecule has 3 heteroatoms. The van der Waals surface area contributed by atoms with E-state index in [1.54, 1.807) is 0 Å². The highest BCUT2D eigenvalue weighted by Crippen LogP contribution is 1.79. The van der Waals surface area contributed by atoms with Gasteiger partial charge < -0.3 is 11.1 Å². The molecule has 0 aromatic rings. The van der Waals surface area contributed by atoms with Crippen LogP contribution in [-0.4, -0.2) is 19.0 Å². The Bertz CT molecular complexity index is 106. The summed E-state index contributed by atoms with van der Waals surface area (Å²) in [5.74, 6) is -0.337. The van der Waals surface area contributed by atoms with Crippen molar-refractivity contribution in [1.82, 2.24) is 5.32 Å². The summed E-state index contributed by atoms with van der Waals surface area (Å²) in [5.41, 5.74) is 5.84. The highest BCUT2D eigenvalue weighted by molar-refractivity contribution is 5.75. The number of rotatable bonds is 4. The number of hydrogen-bond acceptors (Lipinski definition) is 2. The van der Waals surface area contributed by atoms with E-state index in [0.717, 1.165) is 5.57 Å². The van der Waals surface area contributed by atoms with Crippen LogP contribution in [0.3, 0.4) is 0 Å². The van der Waals surface area contributed by atoms with Crippen molar-refractivity contribution in [2.75, 3.05) is 13.1 Å². The molecule has 0 saturated heterocycles. The van der Waals surface area contributed by atoms with E-state index in [1.807, 2.05) is 6.92 Å². The van der Waals surface area contributed by atoms with E-state index in [4.69, 9.17) is 5.73 Å². The molecule has 0 rings (SSSR count). The van der Waals surface area contributed by atoms with E-state index >= 15 is 0 Å².